The lowest BCUT2D eigenvalue weighted by Crippen LogP contribution is -2.41. The average molecular weight is 492 g/mol. The number of rotatable bonds is 10. The number of carbonyl (C=O) groups is 1. The normalized spacial score (nSPS) is 16.1. The zero-order valence-electron chi connectivity index (χ0n) is 21.2. The first-order valence-electron chi connectivity index (χ1n) is 12.0. The van der Waals surface area contributed by atoms with E-state index in [-0.39, 0.29) is 6.04 Å². The van der Waals surface area contributed by atoms with Crippen LogP contribution in [0.5, 0.6) is 23.0 Å². The summed E-state index contributed by atoms with van der Waals surface area (Å²) in [5.74, 6) is 1.82. The molecule has 1 heterocycles. The van der Waals surface area contributed by atoms with Gasteiger partial charge in [0.2, 0.25) is 0 Å². The molecule has 2 atom stereocenters. The zero-order valence-corrected chi connectivity index (χ0v) is 21.2. The molecule has 1 aliphatic heterocycles. The lowest BCUT2D eigenvalue weighted by atomic mass is 9.86. The first-order chi connectivity index (χ1) is 17.5. The number of methoxy groups -OCH3 is 4. The maximum atomic E-state index is 12.6. The van der Waals surface area contributed by atoms with E-state index in [1.807, 2.05) is 60.7 Å². The number of hydrogen-bond acceptors (Lipinski definition) is 6. The SMILES string of the molecule is COc1ccc(CCC2c3cc(OC)c(OC)cc3CCN2C(C(=O)O)c2ccccc2)cc1OC. The number of fused-ring (bicyclic) bond motifs is 1. The van der Waals surface area contributed by atoms with Gasteiger partial charge in [-0.05, 0) is 65.8 Å². The molecule has 0 spiro atoms. The van der Waals surface area contributed by atoms with E-state index in [4.69, 9.17) is 18.9 Å². The summed E-state index contributed by atoms with van der Waals surface area (Å²) in [6.07, 6.45) is 2.17. The average Bonchev–Trinajstić information content (AvgIpc) is 2.91. The molecule has 190 valence electrons. The summed E-state index contributed by atoms with van der Waals surface area (Å²) in [6, 6.07) is 18.5. The van der Waals surface area contributed by atoms with Crippen LogP contribution in [-0.4, -0.2) is 51.0 Å². The predicted molar refractivity (Wildman–Crippen MR) is 137 cm³/mol. The predicted octanol–water partition coefficient (Wildman–Crippen LogP) is 5.08. The van der Waals surface area contributed by atoms with Crippen LogP contribution in [0.2, 0.25) is 0 Å². The molecule has 3 aromatic carbocycles. The summed E-state index contributed by atoms with van der Waals surface area (Å²) < 4.78 is 22.0. The van der Waals surface area contributed by atoms with E-state index in [0.29, 0.717) is 36.0 Å². The van der Waals surface area contributed by atoms with Crippen molar-refractivity contribution in [1.82, 2.24) is 4.90 Å². The van der Waals surface area contributed by atoms with Gasteiger partial charge in [0.25, 0.3) is 0 Å². The van der Waals surface area contributed by atoms with Crippen molar-refractivity contribution in [1.29, 1.82) is 0 Å². The van der Waals surface area contributed by atoms with E-state index in [1.54, 1.807) is 28.4 Å². The molecule has 7 nitrogen and oxygen atoms in total. The Bertz CT molecular complexity index is 1200. The van der Waals surface area contributed by atoms with Gasteiger partial charge in [0, 0.05) is 12.6 Å². The van der Waals surface area contributed by atoms with Crippen molar-refractivity contribution < 1.29 is 28.8 Å². The Morgan fingerprint density at radius 1 is 0.889 bits per heavy atom. The van der Waals surface area contributed by atoms with Crippen LogP contribution >= 0.6 is 0 Å². The van der Waals surface area contributed by atoms with Gasteiger partial charge in [-0.25, -0.2) is 0 Å². The van der Waals surface area contributed by atoms with Gasteiger partial charge in [0.15, 0.2) is 23.0 Å². The minimum atomic E-state index is -0.860. The molecule has 1 aliphatic rings. The number of aliphatic carboxylic acids is 1. The van der Waals surface area contributed by atoms with Crippen LogP contribution < -0.4 is 18.9 Å². The van der Waals surface area contributed by atoms with Crippen LogP contribution in [-0.2, 0) is 17.6 Å². The Kier molecular flexibility index (Phi) is 8.00. The fourth-order valence-corrected chi connectivity index (χ4v) is 5.13. The smallest absolute Gasteiger partial charge is 0.325 e. The van der Waals surface area contributed by atoms with Crippen LogP contribution in [0.1, 0.15) is 40.8 Å². The van der Waals surface area contributed by atoms with E-state index in [0.717, 1.165) is 35.1 Å². The molecule has 0 saturated heterocycles. The van der Waals surface area contributed by atoms with E-state index < -0.39 is 12.0 Å². The van der Waals surface area contributed by atoms with Crippen LogP contribution in [0.15, 0.2) is 60.7 Å². The molecule has 36 heavy (non-hydrogen) atoms. The fourth-order valence-electron chi connectivity index (χ4n) is 5.13. The van der Waals surface area contributed by atoms with Gasteiger partial charge >= 0.3 is 5.97 Å². The molecule has 0 aromatic heterocycles. The molecular formula is C29H33NO6. The van der Waals surface area contributed by atoms with Crippen molar-refractivity contribution in [3.05, 3.63) is 82.9 Å². The molecule has 0 bridgehead atoms. The van der Waals surface area contributed by atoms with Crippen molar-refractivity contribution >= 4 is 5.97 Å². The molecular weight excluding hydrogens is 458 g/mol. The molecule has 0 fully saturated rings. The van der Waals surface area contributed by atoms with E-state index >= 15 is 0 Å². The highest BCUT2D eigenvalue weighted by Gasteiger charge is 2.37. The lowest BCUT2D eigenvalue weighted by Gasteiger charge is -2.41. The number of carboxylic acids is 1. The second kappa shape index (κ2) is 11.4. The molecule has 0 amide bonds. The van der Waals surface area contributed by atoms with Crippen LogP contribution in [0, 0.1) is 0 Å². The molecule has 0 aliphatic carbocycles. The van der Waals surface area contributed by atoms with Gasteiger partial charge in [-0.1, -0.05) is 36.4 Å². The highest BCUT2D eigenvalue weighted by molar-refractivity contribution is 5.75. The third-order valence-electron chi connectivity index (χ3n) is 6.88. The zero-order chi connectivity index (χ0) is 25.7. The van der Waals surface area contributed by atoms with Crippen molar-refractivity contribution in [2.45, 2.75) is 31.3 Å². The Balaban J connectivity index is 1.74. The van der Waals surface area contributed by atoms with Crippen molar-refractivity contribution in [3.63, 3.8) is 0 Å². The molecule has 3 aromatic rings. The summed E-state index contributed by atoms with van der Waals surface area (Å²) in [6.45, 7) is 0.616. The standard InChI is InChI=1S/C29H33NO6/c1-33-24-13-11-19(16-25(24)34-2)10-12-23-22-18-27(36-4)26(35-3)17-21(22)14-15-30(23)28(29(31)32)20-8-6-5-7-9-20/h5-9,11,13,16-18,23,28H,10,12,14-15H2,1-4H3,(H,31,32). The number of aryl methyl sites for hydroxylation is 1. The Morgan fingerprint density at radius 3 is 2.17 bits per heavy atom. The third kappa shape index (κ3) is 5.11. The molecule has 0 radical (unpaired) electrons. The second-order valence-corrected chi connectivity index (χ2v) is 8.79. The quantitative estimate of drug-likeness (QED) is 0.424. The van der Waals surface area contributed by atoms with Gasteiger partial charge in [-0.2, -0.15) is 0 Å². The maximum absolute atomic E-state index is 12.6. The summed E-state index contributed by atoms with van der Waals surface area (Å²) in [4.78, 5) is 14.7. The molecule has 0 saturated carbocycles. The van der Waals surface area contributed by atoms with Gasteiger partial charge in [-0.15, -0.1) is 0 Å². The maximum Gasteiger partial charge on any atom is 0.325 e. The van der Waals surface area contributed by atoms with E-state index in [2.05, 4.69) is 4.90 Å². The largest absolute Gasteiger partial charge is 0.493 e. The molecule has 4 rings (SSSR count). The minimum Gasteiger partial charge on any atom is -0.493 e. The van der Waals surface area contributed by atoms with E-state index in [9.17, 15) is 9.90 Å². The van der Waals surface area contributed by atoms with Gasteiger partial charge in [-0.3, -0.25) is 9.69 Å². The van der Waals surface area contributed by atoms with Crippen molar-refractivity contribution in [2.75, 3.05) is 35.0 Å². The second-order valence-electron chi connectivity index (χ2n) is 8.79. The van der Waals surface area contributed by atoms with Gasteiger partial charge in [0.1, 0.15) is 6.04 Å². The lowest BCUT2D eigenvalue weighted by molar-refractivity contribution is -0.145. The topological polar surface area (TPSA) is 77.5 Å². The Hall–Kier alpha value is -3.71. The fraction of sp³-hybridized carbons (Fsp3) is 0.345. The van der Waals surface area contributed by atoms with Crippen LogP contribution in [0.25, 0.3) is 0 Å². The third-order valence-corrected chi connectivity index (χ3v) is 6.88. The van der Waals surface area contributed by atoms with Crippen LogP contribution in [0.3, 0.4) is 0 Å². The minimum absolute atomic E-state index is 0.136. The Morgan fingerprint density at radius 2 is 1.53 bits per heavy atom. The first-order valence-corrected chi connectivity index (χ1v) is 12.0. The number of hydrogen-bond donors (Lipinski definition) is 1. The molecule has 7 heteroatoms. The molecule has 2 unspecified atom stereocenters. The monoisotopic (exact) mass is 491 g/mol. The number of ether oxygens (including phenoxy) is 4. The first kappa shape index (κ1) is 25.4. The molecule has 1 N–H and O–H groups in total. The summed E-state index contributed by atoms with van der Waals surface area (Å²) in [5, 5.41) is 10.3. The van der Waals surface area contributed by atoms with E-state index in [1.165, 1.54) is 0 Å². The number of nitrogens with zero attached hydrogens (tertiary/aromatic N) is 1. The highest BCUT2D eigenvalue weighted by Crippen LogP contribution is 2.43. The summed E-state index contributed by atoms with van der Waals surface area (Å²) in [5.41, 5.74) is 4.08. The highest BCUT2D eigenvalue weighted by atomic mass is 16.5. The summed E-state index contributed by atoms with van der Waals surface area (Å²) >= 11 is 0. The van der Waals surface area contributed by atoms with Crippen molar-refractivity contribution in [2.24, 2.45) is 0 Å². The summed E-state index contributed by atoms with van der Waals surface area (Å²) in [7, 11) is 6.49. The number of carboxylic acid groups (broad SMARTS) is 1. The number of benzene rings is 3. The van der Waals surface area contributed by atoms with Crippen LogP contribution in [0.4, 0.5) is 0 Å². The Labute approximate surface area is 212 Å². The van der Waals surface area contributed by atoms with Gasteiger partial charge in [0.05, 0.1) is 28.4 Å². The van der Waals surface area contributed by atoms with Gasteiger partial charge < -0.3 is 24.1 Å². The van der Waals surface area contributed by atoms with Crippen molar-refractivity contribution in [3.8, 4) is 23.0 Å².